The number of hydrogen-bond donors (Lipinski definition) is 0. The first-order chi connectivity index (χ1) is 11.6. The molecule has 2 amide bonds. The number of anilines is 1. The molecule has 0 unspecified atom stereocenters. The van der Waals surface area contributed by atoms with Gasteiger partial charge >= 0.3 is 0 Å². The minimum absolute atomic E-state index is 0.0218. The van der Waals surface area contributed by atoms with E-state index >= 15 is 0 Å². The molecule has 0 radical (unpaired) electrons. The van der Waals surface area contributed by atoms with Gasteiger partial charge in [0.05, 0.1) is 17.1 Å². The third kappa shape index (κ3) is 2.34. The second-order valence-electron chi connectivity index (χ2n) is 8.43. The maximum atomic E-state index is 13.6. The Morgan fingerprint density at radius 2 is 1.76 bits per heavy atom. The number of carbonyl (C=O) groups is 2. The summed E-state index contributed by atoms with van der Waals surface area (Å²) in [6.45, 7) is 12.4. The van der Waals surface area contributed by atoms with Gasteiger partial charge in [-0.25, -0.2) is 10.0 Å². The van der Waals surface area contributed by atoms with Crippen LogP contribution < -0.4 is 5.01 Å². The minimum atomic E-state index is -0.590. The van der Waals surface area contributed by atoms with Gasteiger partial charge in [0, 0.05) is 6.08 Å². The van der Waals surface area contributed by atoms with Crippen molar-refractivity contribution in [1.29, 1.82) is 0 Å². The first-order valence-electron chi connectivity index (χ1n) is 9.00. The van der Waals surface area contributed by atoms with Crippen molar-refractivity contribution in [2.75, 3.05) is 5.01 Å². The van der Waals surface area contributed by atoms with Crippen LogP contribution in [0.25, 0.3) is 0 Å². The minimum Gasteiger partial charge on any atom is -0.272 e. The molecular weight excluding hydrogens is 312 g/mol. The number of benzene rings is 1. The van der Waals surface area contributed by atoms with E-state index in [4.69, 9.17) is 0 Å². The number of hydrazine groups is 1. The van der Waals surface area contributed by atoms with Crippen molar-refractivity contribution in [3.05, 3.63) is 42.0 Å². The third-order valence-corrected chi connectivity index (χ3v) is 6.60. The Labute approximate surface area is 150 Å². The molecular formula is C21H28N2O2. The van der Waals surface area contributed by atoms with Gasteiger partial charge < -0.3 is 0 Å². The van der Waals surface area contributed by atoms with Gasteiger partial charge in [0.15, 0.2) is 0 Å². The molecule has 0 spiro atoms. The summed E-state index contributed by atoms with van der Waals surface area (Å²) in [6.07, 6.45) is 2.46. The van der Waals surface area contributed by atoms with Crippen molar-refractivity contribution < 1.29 is 9.59 Å². The first-order valence-corrected chi connectivity index (χ1v) is 9.00. The van der Waals surface area contributed by atoms with E-state index in [-0.39, 0.29) is 23.3 Å². The predicted molar refractivity (Wildman–Crippen MR) is 99.7 cm³/mol. The summed E-state index contributed by atoms with van der Waals surface area (Å²) in [4.78, 5) is 26.6. The molecule has 3 atom stereocenters. The quantitative estimate of drug-likeness (QED) is 0.758. The summed E-state index contributed by atoms with van der Waals surface area (Å²) in [7, 11) is 0. The molecule has 4 nitrogen and oxygen atoms in total. The van der Waals surface area contributed by atoms with E-state index in [1.54, 1.807) is 16.1 Å². The van der Waals surface area contributed by atoms with E-state index in [9.17, 15) is 9.59 Å². The molecule has 0 aromatic heterocycles. The normalized spacial score (nSPS) is 30.4. The Morgan fingerprint density at radius 3 is 2.32 bits per heavy atom. The number of rotatable bonds is 2. The number of nitrogens with zero attached hydrogens (tertiary/aromatic N) is 2. The number of hydrogen-bond acceptors (Lipinski definition) is 2. The highest BCUT2D eigenvalue weighted by molar-refractivity contribution is 6.06. The van der Waals surface area contributed by atoms with Crippen LogP contribution in [0.5, 0.6) is 0 Å². The van der Waals surface area contributed by atoms with Crippen molar-refractivity contribution in [2.45, 2.75) is 54.0 Å². The Hall–Kier alpha value is -2.10. The standard InChI is InChI=1S/C21H28N2O2/c1-14(2)12-18(24)23-17-13-15(3)20(4,5)21(17,6)19(25)22(23)16-10-8-7-9-11-16/h7-12,15,17H,13H2,1-6H3/t15-,17-,21+/m1/s1. The molecule has 2 fully saturated rings. The molecule has 1 heterocycles. The van der Waals surface area contributed by atoms with Crippen LogP contribution >= 0.6 is 0 Å². The monoisotopic (exact) mass is 340 g/mol. The van der Waals surface area contributed by atoms with Crippen LogP contribution in [0.15, 0.2) is 42.0 Å². The zero-order valence-corrected chi connectivity index (χ0v) is 16.0. The number of carbonyl (C=O) groups excluding carboxylic acids is 2. The van der Waals surface area contributed by atoms with Gasteiger partial charge in [-0.15, -0.1) is 0 Å². The first kappa shape index (κ1) is 17.7. The van der Waals surface area contributed by atoms with Crippen molar-refractivity contribution in [3.8, 4) is 0 Å². The van der Waals surface area contributed by atoms with Crippen LogP contribution in [0.1, 0.15) is 48.0 Å². The lowest BCUT2D eigenvalue weighted by molar-refractivity contribution is -0.131. The lowest BCUT2D eigenvalue weighted by Crippen LogP contribution is -2.46. The van der Waals surface area contributed by atoms with Crippen molar-refractivity contribution in [2.24, 2.45) is 16.7 Å². The van der Waals surface area contributed by atoms with Gasteiger partial charge in [-0.3, -0.25) is 9.59 Å². The summed E-state index contributed by atoms with van der Waals surface area (Å²) >= 11 is 0. The topological polar surface area (TPSA) is 40.6 Å². The fraction of sp³-hybridized carbons (Fsp3) is 0.524. The maximum absolute atomic E-state index is 13.6. The largest absolute Gasteiger partial charge is 0.272 e. The van der Waals surface area contributed by atoms with Gasteiger partial charge in [-0.2, -0.15) is 0 Å². The summed E-state index contributed by atoms with van der Waals surface area (Å²) in [5.74, 6) is 0.274. The molecule has 1 saturated heterocycles. The molecule has 25 heavy (non-hydrogen) atoms. The van der Waals surface area contributed by atoms with Crippen LogP contribution in [0.2, 0.25) is 0 Å². The highest BCUT2D eigenvalue weighted by Gasteiger charge is 2.69. The van der Waals surface area contributed by atoms with E-state index in [0.717, 1.165) is 17.7 Å². The van der Waals surface area contributed by atoms with Gasteiger partial charge in [-0.05, 0) is 50.7 Å². The highest BCUT2D eigenvalue weighted by Crippen LogP contribution is 2.61. The van der Waals surface area contributed by atoms with Crippen LogP contribution in [0.3, 0.4) is 0 Å². The molecule has 1 saturated carbocycles. The van der Waals surface area contributed by atoms with Crippen molar-refractivity contribution in [3.63, 3.8) is 0 Å². The Bertz CT molecular complexity index is 734. The van der Waals surface area contributed by atoms with Crippen LogP contribution in [0, 0.1) is 16.7 Å². The molecule has 0 N–H and O–H groups in total. The van der Waals surface area contributed by atoms with Gasteiger partial charge in [0.2, 0.25) is 0 Å². The van der Waals surface area contributed by atoms with Gasteiger partial charge in [0.25, 0.3) is 11.8 Å². The van der Waals surface area contributed by atoms with E-state index < -0.39 is 5.41 Å². The fourth-order valence-electron chi connectivity index (χ4n) is 4.40. The molecule has 134 valence electrons. The number of allylic oxidation sites excluding steroid dienone is 1. The fourth-order valence-corrected chi connectivity index (χ4v) is 4.40. The van der Waals surface area contributed by atoms with Crippen molar-refractivity contribution in [1.82, 2.24) is 5.01 Å². The Kier molecular flexibility index (Phi) is 4.05. The highest BCUT2D eigenvalue weighted by atomic mass is 16.2. The second-order valence-corrected chi connectivity index (χ2v) is 8.43. The van der Waals surface area contributed by atoms with Crippen LogP contribution in [0.4, 0.5) is 5.69 Å². The second kappa shape index (κ2) is 5.72. The lowest BCUT2D eigenvalue weighted by Gasteiger charge is -2.37. The number of fused-ring (bicyclic) bond motifs is 1. The molecule has 1 aromatic rings. The van der Waals surface area contributed by atoms with E-state index in [1.807, 2.05) is 51.1 Å². The zero-order valence-electron chi connectivity index (χ0n) is 16.0. The SMILES string of the molecule is CC(C)=CC(=O)N1[C@@H]2C[C@@H](C)C(C)(C)[C@]2(C)C(=O)N1c1ccccc1. The smallest absolute Gasteiger partial charge is 0.265 e. The van der Waals surface area contributed by atoms with E-state index in [1.165, 1.54) is 0 Å². The average molecular weight is 340 g/mol. The average Bonchev–Trinajstić information content (AvgIpc) is 2.87. The van der Waals surface area contributed by atoms with Crippen LogP contribution in [-0.4, -0.2) is 22.9 Å². The third-order valence-electron chi connectivity index (χ3n) is 6.60. The predicted octanol–water partition coefficient (Wildman–Crippen LogP) is 4.18. The summed E-state index contributed by atoms with van der Waals surface area (Å²) in [6, 6.07) is 9.38. The molecule has 2 aliphatic rings. The van der Waals surface area contributed by atoms with Gasteiger partial charge in [0.1, 0.15) is 0 Å². The summed E-state index contributed by atoms with van der Waals surface area (Å²) in [5.41, 5.74) is 0.918. The number of amides is 2. The molecule has 1 aromatic carbocycles. The van der Waals surface area contributed by atoms with Crippen LogP contribution in [-0.2, 0) is 9.59 Å². The van der Waals surface area contributed by atoms with Gasteiger partial charge in [-0.1, -0.05) is 44.5 Å². The Morgan fingerprint density at radius 1 is 1.16 bits per heavy atom. The molecule has 3 rings (SSSR count). The van der Waals surface area contributed by atoms with E-state index in [2.05, 4.69) is 20.8 Å². The van der Waals surface area contributed by atoms with E-state index in [0.29, 0.717) is 5.92 Å². The summed E-state index contributed by atoms with van der Waals surface area (Å²) in [5, 5.41) is 3.32. The molecule has 0 bridgehead atoms. The molecule has 1 aliphatic heterocycles. The zero-order chi connectivity index (χ0) is 18.6. The lowest BCUT2D eigenvalue weighted by atomic mass is 9.65. The molecule has 1 aliphatic carbocycles. The summed E-state index contributed by atoms with van der Waals surface area (Å²) < 4.78 is 0. The molecule has 4 heteroatoms. The Balaban J connectivity index is 2.16. The number of para-hydroxylation sites is 1. The maximum Gasteiger partial charge on any atom is 0.265 e. The van der Waals surface area contributed by atoms with Crippen molar-refractivity contribution >= 4 is 17.5 Å².